The van der Waals surface area contributed by atoms with Crippen LogP contribution in [0.4, 0.5) is 5.69 Å². The van der Waals surface area contributed by atoms with Crippen molar-refractivity contribution in [1.82, 2.24) is 10.2 Å². The predicted octanol–water partition coefficient (Wildman–Crippen LogP) is 2.40. The number of rotatable bonds is 8. The molecule has 0 radical (unpaired) electrons. The normalized spacial score (nSPS) is 14.0. The summed E-state index contributed by atoms with van der Waals surface area (Å²) >= 11 is 0. The lowest BCUT2D eigenvalue weighted by Crippen LogP contribution is -2.55. The average Bonchev–Trinajstić information content (AvgIpc) is 2.68. The molecule has 8 nitrogen and oxygen atoms in total. The molecular formula is C22H27N3O5S. The predicted molar refractivity (Wildman–Crippen MR) is 118 cm³/mol. The Hall–Kier alpha value is -3.07. The molecule has 2 aromatic carbocycles. The number of amides is 2. The van der Waals surface area contributed by atoms with E-state index in [2.05, 4.69) is 10.0 Å². The van der Waals surface area contributed by atoms with Gasteiger partial charge in [-0.3, -0.25) is 14.3 Å². The molecule has 1 heterocycles. The van der Waals surface area contributed by atoms with E-state index in [4.69, 9.17) is 4.74 Å². The number of aryl methyl sites for hydroxylation is 1. The van der Waals surface area contributed by atoms with Gasteiger partial charge in [-0.05, 0) is 62.7 Å². The average molecular weight is 446 g/mol. The summed E-state index contributed by atoms with van der Waals surface area (Å²) < 4.78 is 33.6. The molecule has 2 amide bonds. The van der Waals surface area contributed by atoms with E-state index >= 15 is 0 Å². The first-order valence-corrected chi connectivity index (χ1v) is 11.7. The fourth-order valence-corrected chi connectivity index (χ4v) is 4.38. The highest BCUT2D eigenvalue weighted by Crippen LogP contribution is 2.24. The van der Waals surface area contributed by atoms with E-state index in [-0.39, 0.29) is 22.6 Å². The lowest BCUT2D eigenvalue weighted by atomic mass is 9.97. The Bertz CT molecular complexity index is 1060. The Balaban J connectivity index is 1.74. The molecule has 0 aliphatic carbocycles. The number of hydrogen-bond donors (Lipinski definition) is 2. The van der Waals surface area contributed by atoms with Crippen LogP contribution >= 0.6 is 0 Å². The van der Waals surface area contributed by atoms with Crippen LogP contribution in [0.1, 0.15) is 29.8 Å². The second kappa shape index (κ2) is 9.38. The summed E-state index contributed by atoms with van der Waals surface area (Å²) in [6.07, 6.45) is 0. The van der Waals surface area contributed by atoms with Crippen molar-refractivity contribution in [2.24, 2.45) is 5.92 Å². The fourth-order valence-electron chi connectivity index (χ4n) is 3.30. The third-order valence-corrected chi connectivity index (χ3v) is 6.44. The van der Waals surface area contributed by atoms with E-state index in [1.54, 1.807) is 42.2 Å². The second-order valence-corrected chi connectivity index (χ2v) is 9.02. The zero-order valence-corrected chi connectivity index (χ0v) is 18.7. The van der Waals surface area contributed by atoms with Crippen molar-refractivity contribution in [3.63, 3.8) is 0 Å². The topological polar surface area (TPSA) is 105 Å². The van der Waals surface area contributed by atoms with E-state index in [0.29, 0.717) is 48.8 Å². The highest BCUT2D eigenvalue weighted by Gasteiger charge is 2.36. The van der Waals surface area contributed by atoms with Crippen LogP contribution in [-0.2, 0) is 14.8 Å². The number of hydrogen-bond acceptors (Lipinski definition) is 5. The summed E-state index contributed by atoms with van der Waals surface area (Å²) in [4.78, 5) is 26.3. The smallest absolute Gasteiger partial charge is 0.261 e. The fraction of sp³-hybridized carbons (Fsp3) is 0.364. The molecule has 9 heteroatoms. The molecule has 2 aromatic rings. The summed E-state index contributed by atoms with van der Waals surface area (Å²) in [6, 6.07) is 11.1. The molecule has 1 fully saturated rings. The third kappa shape index (κ3) is 5.16. The number of ether oxygens (including phenoxy) is 1. The number of nitrogens with zero attached hydrogens (tertiary/aromatic N) is 1. The molecule has 0 aromatic heterocycles. The number of nitrogens with one attached hydrogen (secondary N) is 2. The molecule has 1 saturated heterocycles. The number of carbonyl (C=O) groups excluding carboxylic acids is 2. The third-order valence-electron chi connectivity index (χ3n) is 5.06. The molecule has 0 unspecified atom stereocenters. The van der Waals surface area contributed by atoms with Crippen molar-refractivity contribution in [1.29, 1.82) is 0 Å². The summed E-state index contributed by atoms with van der Waals surface area (Å²) in [7, 11) is -3.88. The Morgan fingerprint density at radius 3 is 2.39 bits per heavy atom. The van der Waals surface area contributed by atoms with E-state index in [0.717, 1.165) is 0 Å². The van der Waals surface area contributed by atoms with Gasteiger partial charge in [-0.1, -0.05) is 6.07 Å². The summed E-state index contributed by atoms with van der Waals surface area (Å²) in [6.45, 7) is 7.18. The van der Waals surface area contributed by atoms with Crippen LogP contribution in [0, 0.1) is 12.8 Å². The van der Waals surface area contributed by atoms with Crippen LogP contribution in [0.5, 0.6) is 5.75 Å². The molecule has 166 valence electrons. The molecule has 0 atom stereocenters. The van der Waals surface area contributed by atoms with Crippen LogP contribution in [0.2, 0.25) is 0 Å². The zero-order chi connectivity index (χ0) is 22.6. The van der Waals surface area contributed by atoms with Crippen molar-refractivity contribution >= 4 is 27.5 Å². The molecular weight excluding hydrogens is 418 g/mol. The van der Waals surface area contributed by atoms with Gasteiger partial charge in [0.25, 0.3) is 15.9 Å². The van der Waals surface area contributed by atoms with Gasteiger partial charge in [0.1, 0.15) is 5.75 Å². The van der Waals surface area contributed by atoms with Crippen LogP contribution in [0.25, 0.3) is 0 Å². The van der Waals surface area contributed by atoms with Crippen LogP contribution in [-0.4, -0.2) is 51.4 Å². The van der Waals surface area contributed by atoms with Crippen molar-refractivity contribution < 1.29 is 22.7 Å². The molecule has 1 aliphatic heterocycles. The molecule has 0 saturated carbocycles. The summed E-state index contributed by atoms with van der Waals surface area (Å²) in [5.74, 6) is 0.0712. The van der Waals surface area contributed by atoms with Gasteiger partial charge in [0, 0.05) is 30.9 Å². The minimum atomic E-state index is -3.88. The van der Waals surface area contributed by atoms with Gasteiger partial charge in [0.15, 0.2) is 0 Å². The summed E-state index contributed by atoms with van der Waals surface area (Å²) in [5.41, 5.74) is 1.37. The van der Waals surface area contributed by atoms with Gasteiger partial charge in [0.2, 0.25) is 5.91 Å². The maximum absolute atomic E-state index is 12.9. The first kappa shape index (κ1) is 22.6. The van der Waals surface area contributed by atoms with Gasteiger partial charge < -0.3 is 15.0 Å². The van der Waals surface area contributed by atoms with Crippen LogP contribution in [0.3, 0.4) is 0 Å². The van der Waals surface area contributed by atoms with Crippen LogP contribution < -0.4 is 14.8 Å². The number of anilines is 1. The van der Waals surface area contributed by atoms with Crippen molar-refractivity contribution in [2.75, 3.05) is 31.0 Å². The van der Waals surface area contributed by atoms with E-state index in [1.807, 2.05) is 13.8 Å². The van der Waals surface area contributed by atoms with Crippen molar-refractivity contribution in [2.45, 2.75) is 25.7 Å². The molecule has 2 N–H and O–H groups in total. The quantitative estimate of drug-likeness (QED) is 0.649. The largest absolute Gasteiger partial charge is 0.494 e. The van der Waals surface area contributed by atoms with E-state index < -0.39 is 10.0 Å². The summed E-state index contributed by atoms with van der Waals surface area (Å²) in [5, 5.41) is 2.75. The SMILES string of the molecule is CCNC(=O)C1CN(C(=O)c2cc(S(=O)(=O)Nc3ccc(OCC)cc3)ccc2C)C1. The maximum Gasteiger partial charge on any atom is 0.261 e. The number of benzene rings is 2. The number of sulfonamides is 1. The Morgan fingerprint density at radius 1 is 1.10 bits per heavy atom. The maximum atomic E-state index is 12.9. The molecule has 0 bridgehead atoms. The lowest BCUT2D eigenvalue weighted by Gasteiger charge is -2.38. The number of likely N-dealkylation sites (tertiary alicyclic amines) is 1. The lowest BCUT2D eigenvalue weighted by molar-refractivity contribution is -0.128. The van der Waals surface area contributed by atoms with E-state index in [9.17, 15) is 18.0 Å². The Labute approximate surface area is 182 Å². The van der Waals surface area contributed by atoms with E-state index in [1.165, 1.54) is 12.1 Å². The molecule has 3 rings (SSSR count). The minimum absolute atomic E-state index is 0.00358. The van der Waals surface area contributed by atoms with Gasteiger partial charge in [-0.25, -0.2) is 8.42 Å². The van der Waals surface area contributed by atoms with Gasteiger partial charge in [-0.2, -0.15) is 0 Å². The highest BCUT2D eigenvalue weighted by molar-refractivity contribution is 7.92. The zero-order valence-electron chi connectivity index (χ0n) is 17.8. The molecule has 1 aliphatic rings. The number of carbonyl (C=O) groups is 2. The standard InChI is InChI=1S/C22H27N3O5S/c1-4-23-21(26)16-13-25(14-16)22(27)20-12-19(11-6-15(20)3)31(28,29)24-17-7-9-18(10-8-17)30-5-2/h6-12,16,24H,4-5,13-14H2,1-3H3,(H,23,26). The first-order chi connectivity index (χ1) is 14.7. The monoisotopic (exact) mass is 445 g/mol. The van der Waals surface area contributed by atoms with Crippen molar-refractivity contribution in [3.05, 3.63) is 53.6 Å². The first-order valence-electron chi connectivity index (χ1n) is 10.2. The van der Waals surface area contributed by atoms with Gasteiger partial charge in [0.05, 0.1) is 17.4 Å². The highest BCUT2D eigenvalue weighted by atomic mass is 32.2. The Kier molecular flexibility index (Phi) is 6.84. The molecule has 31 heavy (non-hydrogen) atoms. The van der Waals surface area contributed by atoms with Gasteiger partial charge in [-0.15, -0.1) is 0 Å². The van der Waals surface area contributed by atoms with Crippen LogP contribution in [0.15, 0.2) is 47.4 Å². The van der Waals surface area contributed by atoms with Gasteiger partial charge >= 0.3 is 0 Å². The molecule has 0 spiro atoms. The second-order valence-electron chi connectivity index (χ2n) is 7.34. The van der Waals surface area contributed by atoms with Crippen molar-refractivity contribution in [3.8, 4) is 5.75 Å². The Morgan fingerprint density at radius 2 is 1.77 bits per heavy atom. The minimum Gasteiger partial charge on any atom is -0.494 e.